The fourth-order valence-electron chi connectivity index (χ4n) is 1.87. The van der Waals surface area contributed by atoms with E-state index in [1.54, 1.807) is 30.6 Å². The van der Waals surface area contributed by atoms with Crippen molar-refractivity contribution in [1.82, 2.24) is 15.3 Å². The van der Waals surface area contributed by atoms with Crippen molar-refractivity contribution in [1.29, 1.82) is 0 Å². The third-order valence-corrected chi connectivity index (χ3v) is 3.09. The zero-order valence-corrected chi connectivity index (χ0v) is 11.4. The van der Waals surface area contributed by atoms with Crippen LogP contribution in [0.25, 0.3) is 0 Å². The average Bonchev–Trinajstić information content (AvgIpc) is 2.42. The summed E-state index contributed by atoms with van der Waals surface area (Å²) in [5.74, 6) is -0.363. The first-order valence-electron chi connectivity index (χ1n) is 6.17. The molecule has 5 heteroatoms. The lowest BCUT2D eigenvalue weighted by Gasteiger charge is -2.19. The molecule has 0 aliphatic carbocycles. The van der Waals surface area contributed by atoms with Crippen molar-refractivity contribution in [2.24, 2.45) is 0 Å². The van der Waals surface area contributed by atoms with E-state index in [2.05, 4.69) is 15.3 Å². The second-order valence-electron chi connectivity index (χ2n) is 4.15. The van der Waals surface area contributed by atoms with Crippen LogP contribution in [0.4, 0.5) is 4.39 Å². The number of aromatic nitrogens is 2. The maximum atomic E-state index is 13.9. The molecule has 3 nitrogen and oxygen atoms in total. The van der Waals surface area contributed by atoms with Gasteiger partial charge in [0.2, 0.25) is 0 Å². The summed E-state index contributed by atoms with van der Waals surface area (Å²) >= 11 is 6.16. The summed E-state index contributed by atoms with van der Waals surface area (Å²) in [6, 6.07) is 4.79. The molecule has 2 rings (SSSR count). The molecule has 0 fully saturated rings. The van der Waals surface area contributed by atoms with Gasteiger partial charge in [0.25, 0.3) is 0 Å². The average molecular weight is 280 g/mol. The van der Waals surface area contributed by atoms with E-state index < -0.39 is 0 Å². The lowest BCUT2D eigenvalue weighted by Crippen LogP contribution is -2.25. The number of nitrogens with one attached hydrogen (secondary N) is 1. The van der Waals surface area contributed by atoms with E-state index in [4.69, 9.17) is 11.6 Å². The Morgan fingerprint density at radius 2 is 2.21 bits per heavy atom. The molecule has 0 bridgehead atoms. The molecule has 0 saturated heterocycles. The number of nitrogens with zero attached hydrogens (tertiary/aromatic N) is 2. The van der Waals surface area contributed by atoms with Gasteiger partial charge in [-0.1, -0.05) is 18.5 Å². The molecule has 2 aromatic rings. The molecule has 1 N–H and O–H groups in total. The zero-order valence-electron chi connectivity index (χ0n) is 10.6. The van der Waals surface area contributed by atoms with E-state index in [0.29, 0.717) is 16.3 Å². The topological polar surface area (TPSA) is 37.8 Å². The summed E-state index contributed by atoms with van der Waals surface area (Å²) in [5, 5.41) is 3.79. The third-order valence-electron chi connectivity index (χ3n) is 2.77. The van der Waals surface area contributed by atoms with E-state index in [-0.39, 0.29) is 11.9 Å². The van der Waals surface area contributed by atoms with Crippen LogP contribution in [0, 0.1) is 5.82 Å². The molecule has 0 aromatic carbocycles. The van der Waals surface area contributed by atoms with E-state index in [1.165, 1.54) is 6.20 Å². The van der Waals surface area contributed by atoms with Gasteiger partial charge in [-0.25, -0.2) is 4.39 Å². The number of rotatable bonds is 5. The maximum Gasteiger partial charge on any atom is 0.146 e. The van der Waals surface area contributed by atoms with Crippen LogP contribution in [0.5, 0.6) is 0 Å². The first-order valence-corrected chi connectivity index (χ1v) is 6.55. The fourth-order valence-corrected chi connectivity index (χ4v) is 2.10. The van der Waals surface area contributed by atoms with Gasteiger partial charge in [0.15, 0.2) is 0 Å². The lowest BCUT2D eigenvalue weighted by molar-refractivity contribution is 0.536. The first-order chi connectivity index (χ1) is 9.24. The van der Waals surface area contributed by atoms with Crippen molar-refractivity contribution in [3.63, 3.8) is 0 Å². The Morgan fingerprint density at radius 1 is 1.37 bits per heavy atom. The van der Waals surface area contributed by atoms with Gasteiger partial charge < -0.3 is 5.32 Å². The lowest BCUT2D eigenvalue weighted by atomic mass is 10.0. The van der Waals surface area contributed by atoms with Crippen LogP contribution in [0.3, 0.4) is 0 Å². The Balaban J connectivity index is 2.42. The molecule has 0 spiro atoms. The minimum Gasteiger partial charge on any atom is -0.305 e. The monoisotopic (exact) mass is 279 g/mol. The summed E-state index contributed by atoms with van der Waals surface area (Å²) in [6.07, 6.45) is 5.36. The van der Waals surface area contributed by atoms with Crippen LogP contribution in [-0.2, 0) is 0 Å². The summed E-state index contributed by atoms with van der Waals surface area (Å²) in [4.78, 5) is 8.04. The molecule has 0 amide bonds. The van der Waals surface area contributed by atoms with E-state index in [1.807, 2.05) is 6.92 Å². The van der Waals surface area contributed by atoms with Gasteiger partial charge in [-0.2, -0.15) is 0 Å². The third kappa shape index (κ3) is 3.28. The predicted molar refractivity (Wildman–Crippen MR) is 73.6 cm³/mol. The Morgan fingerprint density at radius 3 is 2.89 bits per heavy atom. The minimum atomic E-state index is -0.364. The molecule has 2 aromatic heterocycles. The second-order valence-corrected chi connectivity index (χ2v) is 4.56. The highest BCUT2D eigenvalue weighted by Gasteiger charge is 2.20. The smallest absolute Gasteiger partial charge is 0.146 e. The number of halogens is 2. The molecule has 19 heavy (non-hydrogen) atoms. The van der Waals surface area contributed by atoms with Gasteiger partial charge in [0, 0.05) is 18.0 Å². The van der Waals surface area contributed by atoms with Crippen LogP contribution >= 0.6 is 11.6 Å². The van der Waals surface area contributed by atoms with Crippen LogP contribution in [0.1, 0.15) is 30.6 Å². The van der Waals surface area contributed by atoms with Crippen molar-refractivity contribution >= 4 is 11.6 Å². The van der Waals surface area contributed by atoms with Crippen LogP contribution in [-0.4, -0.2) is 16.5 Å². The minimum absolute atomic E-state index is 0.363. The molecule has 0 aliphatic heterocycles. The van der Waals surface area contributed by atoms with Gasteiger partial charge in [-0.15, -0.1) is 0 Å². The van der Waals surface area contributed by atoms with Gasteiger partial charge in [-0.05, 0) is 31.2 Å². The molecule has 0 saturated carbocycles. The second kappa shape index (κ2) is 6.59. The van der Waals surface area contributed by atoms with Gasteiger partial charge >= 0.3 is 0 Å². The first kappa shape index (κ1) is 13.9. The summed E-state index contributed by atoms with van der Waals surface area (Å²) in [7, 11) is 0. The Labute approximate surface area is 116 Å². The maximum absolute atomic E-state index is 13.9. The molecular formula is C14H15ClFN3. The van der Waals surface area contributed by atoms with Gasteiger partial charge in [0.05, 0.1) is 23.0 Å². The molecule has 1 atom stereocenters. The SMILES string of the molecule is CCCNC(c1ccncc1F)c1ncccc1Cl. The summed E-state index contributed by atoms with van der Waals surface area (Å²) < 4.78 is 13.9. The van der Waals surface area contributed by atoms with Gasteiger partial charge in [0.1, 0.15) is 5.82 Å². The van der Waals surface area contributed by atoms with Crippen molar-refractivity contribution in [2.75, 3.05) is 6.54 Å². The summed E-state index contributed by atoms with van der Waals surface area (Å²) in [6.45, 7) is 2.80. The van der Waals surface area contributed by atoms with Crippen molar-refractivity contribution in [3.05, 3.63) is 58.9 Å². The van der Waals surface area contributed by atoms with E-state index in [9.17, 15) is 4.39 Å². The van der Waals surface area contributed by atoms with Crippen molar-refractivity contribution in [2.45, 2.75) is 19.4 Å². The predicted octanol–water partition coefficient (Wildman–Crippen LogP) is 3.36. The highest BCUT2D eigenvalue weighted by molar-refractivity contribution is 6.31. The molecule has 0 aliphatic rings. The normalized spacial score (nSPS) is 12.4. The zero-order chi connectivity index (χ0) is 13.7. The Hall–Kier alpha value is -1.52. The van der Waals surface area contributed by atoms with Gasteiger partial charge in [-0.3, -0.25) is 9.97 Å². The number of hydrogen-bond donors (Lipinski definition) is 1. The highest BCUT2D eigenvalue weighted by Crippen LogP contribution is 2.27. The van der Waals surface area contributed by atoms with E-state index in [0.717, 1.165) is 13.0 Å². The standard InChI is InChI=1S/C14H15ClFN3/c1-2-6-18-13(10-5-8-17-9-12(10)16)14-11(15)4-3-7-19-14/h3-5,7-9,13,18H,2,6H2,1H3. The highest BCUT2D eigenvalue weighted by atomic mass is 35.5. The Bertz CT molecular complexity index is 502. The van der Waals surface area contributed by atoms with Crippen molar-refractivity contribution in [3.8, 4) is 0 Å². The molecule has 100 valence electrons. The van der Waals surface area contributed by atoms with Crippen LogP contribution < -0.4 is 5.32 Å². The molecule has 2 heterocycles. The van der Waals surface area contributed by atoms with Crippen LogP contribution in [0.15, 0.2) is 36.8 Å². The largest absolute Gasteiger partial charge is 0.305 e. The quantitative estimate of drug-likeness (QED) is 0.912. The molecular weight excluding hydrogens is 265 g/mol. The molecule has 0 radical (unpaired) electrons. The van der Waals surface area contributed by atoms with Crippen LogP contribution in [0.2, 0.25) is 5.02 Å². The van der Waals surface area contributed by atoms with E-state index >= 15 is 0 Å². The fraction of sp³-hybridized carbons (Fsp3) is 0.286. The number of pyridine rings is 2. The molecule has 1 unspecified atom stereocenters. The number of hydrogen-bond acceptors (Lipinski definition) is 3. The van der Waals surface area contributed by atoms with Crippen molar-refractivity contribution < 1.29 is 4.39 Å². The summed E-state index contributed by atoms with van der Waals surface area (Å²) in [5.41, 5.74) is 1.13. The Kier molecular flexibility index (Phi) is 4.82.